The zero-order valence-electron chi connectivity index (χ0n) is 10.7. The van der Waals surface area contributed by atoms with Gasteiger partial charge in [0.2, 0.25) is 0 Å². The van der Waals surface area contributed by atoms with Crippen LogP contribution in [0.5, 0.6) is 5.75 Å². The number of nitrogens with one attached hydrogen (secondary N) is 1. The second-order valence-corrected chi connectivity index (χ2v) is 4.28. The lowest BCUT2D eigenvalue weighted by atomic mass is 10.2. The summed E-state index contributed by atoms with van der Waals surface area (Å²) in [4.78, 5) is 0. The molecule has 0 saturated heterocycles. The first-order valence-electron chi connectivity index (χ1n) is 5.97. The van der Waals surface area contributed by atoms with E-state index in [0.29, 0.717) is 13.0 Å². The van der Waals surface area contributed by atoms with E-state index in [0.717, 1.165) is 22.5 Å². The van der Waals surface area contributed by atoms with Crippen molar-refractivity contribution in [3.05, 3.63) is 30.0 Å². The van der Waals surface area contributed by atoms with E-state index in [1.807, 2.05) is 24.3 Å². The molecule has 18 heavy (non-hydrogen) atoms. The predicted octanol–water partition coefficient (Wildman–Crippen LogP) is 2.94. The van der Waals surface area contributed by atoms with Crippen molar-refractivity contribution < 1.29 is 9.15 Å². The van der Waals surface area contributed by atoms with E-state index in [1.165, 1.54) is 0 Å². The SMILES string of the molecule is C#CCC(C)NCc1cc2cccc(OC)c2o1. The third-order valence-electron chi connectivity index (χ3n) is 2.83. The Morgan fingerprint density at radius 2 is 2.33 bits per heavy atom. The van der Waals surface area contributed by atoms with Crippen molar-refractivity contribution >= 4 is 11.0 Å². The number of terminal acetylenes is 1. The van der Waals surface area contributed by atoms with E-state index in [9.17, 15) is 0 Å². The normalized spacial score (nSPS) is 12.3. The summed E-state index contributed by atoms with van der Waals surface area (Å²) in [6.45, 7) is 2.73. The Hall–Kier alpha value is -1.92. The molecule has 1 unspecified atom stereocenters. The van der Waals surface area contributed by atoms with Crippen molar-refractivity contribution in [2.45, 2.75) is 25.9 Å². The van der Waals surface area contributed by atoms with Crippen LogP contribution in [-0.4, -0.2) is 13.2 Å². The maximum atomic E-state index is 5.78. The predicted molar refractivity (Wildman–Crippen MR) is 72.5 cm³/mol. The van der Waals surface area contributed by atoms with E-state index < -0.39 is 0 Å². The first-order chi connectivity index (χ1) is 8.74. The van der Waals surface area contributed by atoms with Crippen LogP contribution in [0.15, 0.2) is 28.7 Å². The van der Waals surface area contributed by atoms with E-state index >= 15 is 0 Å². The van der Waals surface area contributed by atoms with E-state index in [1.54, 1.807) is 7.11 Å². The summed E-state index contributed by atoms with van der Waals surface area (Å²) in [6.07, 6.45) is 5.98. The fraction of sp³-hybridized carbons (Fsp3) is 0.333. The molecule has 1 N–H and O–H groups in total. The molecule has 1 heterocycles. The van der Waals surface area contributed by atoms with Crippen molar-refractivity contribution in [1.82, 2.24) is 5.32 Å². The molecule has 3 heteroatoms. The second kappa shape index (κ2) is 5.61. The average Bonchev–Trinajstić information content (AvgIpc) is 2.79. The lowest BCUT2D eigenvalue weighted by molar-refractivity contribution is 0.404. The van der Waals surface area contributed by atoms with Crippen LogP contribution >= 0.6 is 0 Å². The van der Waals surface area contributed by atoms with Crippen molar-refractivity contribution in [2.24, 2.45) is 0 Å². The molecule has 0 saturated carbocycles. The Balaban J connectivity index is 2.13. The molecule has 1 aromatic carbocycles. The maximum Gasteiger partial charge on any atom is 0.176 e. The molecular formula is C15H17NO2. The molecule has 0 fully saturated rings. The summed E-state index contributed by atoms with van der Waals surface area (Å²) < 4.78 is 11.0. The van der Waals surface area contributed by atoms with Crippen LogP contribution in [-0.2, 0) is 6.54 Å². The van der Waals surface area contributed by atoms with E-state index in [-0.39, 0.29) is 6.04 Å². The molecule has 0 amide bonds. The largest absolute Gasteiger partial charge is 0.493 e. The van der Waals surface area contributed by atoms with Crippen LogP contribution in [0.3, 0.4) is 0 Å². The maximum absolute atomic E-state index is 5.78. The number of methoxy groups -OCH3 is 1. The molecular weight excluding hydrogens is 226 g/mol. The lowest BCUT2D eigenvalue weighted by Crippen LogP contribution is -2.24. The molecule has 0 aliphatic rings. The number of hydrogen-bond acceptors (Lipinski definition) is 3. The molecule has 0 spiro atoms. The molecule has 0 radical (unpaired) electrons. The number of para-hydroxylation sites is 1. The van der Waals surface area contributed by atoms with Gasteiger partial charge in [-0.3, -0.25) is 0 Å². The molecule has 2 aromatic rings. The number of fused-ring (bicyclic) bond motifs is 1. The highest BCUT2D eigenvalue weighted by atomic mass is 16.5. The van der Waals surface area contributed by atoms with Gasteiger partial charge in [0.15, 0.2) is 11.3 Å². The zero-order chi connectivity index (χ0) is 13.0. The third-order valence-corrected chi connectivity index (χ3v) is 2.83. The Morgan fingerprint density at radius 3 is 3.06 bits per heavy atom. The van der Waals surface area contributed by atoms with Crippen LogP contribution in [0.4, 0.5) is 0 Å². The third kappa shape index (κ3) is 2.66. The van der Waals surface area contributed by atoms with Gasteiger partial charge in [0.25, 0.3) is 0 Å². The zero-order valence-corrected chi connectivity index (χ0v) is 10.7. The molecule has 0 aliphatic heterocycles. The minimum absolute atomic E-state index is 0.283. The van der Waals surface area contributed by atoms with Gasteiger partial charge in [0.05, 0.1) is 13.7 Å². The standard InChI is InChI=1S/C15H17NO2/c1-4-6-11(2)16-10-13-9-12-7-5-8-14(17-3)15(12)18-13/h1,5,7-9,11,16H,6,10H2,2-3H3. The van der Waals surface area contributed by atoms with Crippen LogP contribution in [0, 0.1) is 12.3 Å². The number of rotatable bonds is 5. The highest BCUT2D eigenvalue weighted by Crippen LogP contribution is 2.28. The Morgan fingerprint density at radius 1 is 1.50 bits per heavy atom. The van der Waals surface area contributed by atoms with Crippen LogP contribution < -0.4 is 10.1 Å². The van der Waals surface area contributed by atoms with Crippen LogP contribution in [0.25, 0.3) is 11.0 Å². The monoisotopic (exact) mass is 243 g/mol. The summed E-state index contributed by atoms with van der Waals surface area (Å²) in [5.74, 6) is 4.28. The molecule has 1 aromatic heterocycles. The van der Waals surface area contributed by atoms with Gasteiger partial charge in [-0.05, 0) is 19.1 Å². The van der Waals surface area contributed by atoms with Crippen molar-refractivity contribution in [3.63, 3.8) is 0 Å². The van der Waals surface area contributed by atoms with Crippen molar-refractivity contribution in [2.75, 3.05) is 7.11 Å². The van der Waals surface area contributed by atoms with Gasteiger partial charge < -0.3 is 14.5 Å². The first-order valence-corrected chi connectivity index (χ1v) is 5.97. The van der Waals surface area contributed by atoms with Gasteiger partial charge in [-0.25, -0.2) is 0 Å². The topological polar surface area (TPSA) is 34.4 Å². The molecule has 1 atom stereocenters. The summed E-state index contributed by atoms with van der Waals surface area (Å²) in [6, 6.07) is 8.16. The minimum atomic E-state index is 0.283. The molecule has 94 valence electrons. The van der Waals surface area contributed by atoms with Crippen LogP contribution in [0.1, 0.15) is 19.1 Å². The Bertz CT molecular complexity index is 565. The van der Waals surface area contributed by atoms with Gasteiger partial charge in [0.1, 0.15) is 5.76 Å². The molecule has 3 nitrogen and oxygen atoms in total. The smallest absolute Gasteiger partial charge is 0.176 e. The van der Waals surface area contributed by atoms with Gasteiger partial charge in [-0.1, -0.05) is 12.1 Å². The number of ether oxygens (including phenoxy) is 1. The minimum Gasteiger partial charge on any atom is -0.493 e. The number of hydrogen-bond donors (Lipinski definition) is 1. The van der Waals surface area contributed by atoms with Crippen LogP contribution in [0.2, 0.25) is 0 Å². The van der Waals surface area contributed by atoms with Crippen molar-refractivity contribution in [1.29, 1.82) is 0 Å². The summed E-state index contributed by atoms with van der Waals surface area (Å²) in [5, 5.41) is 4.37. The number of benzene rings is 1. The average molecular weight is 243 g/mol. The summed E-state index contributed by atoms with van der Waals surface area (Å²) in [5.41, 5.74) is 0.793. The Labute approximate surface area is 107 Å². The van der Waals surface area contributed by atoms with Gasteiger partial charge >= 0.3 is 0 Å². The second-order valence-electron chi connectivity index (χ2n) is 4.28. The van der Waals surface area contributed by atoms with E-state index in [2.05, 4.69) is 18.2 Å². The fourth-order valence-corrected chi connectivity index (χ4v) is 1.86. The number of furan rings is 1. The first kappa shape index (κ1) is 12.5. The Kier molecular flexibility index (Phi) is 3.91. The fourth-order valence-electron chi connectivity index (χ4n) is 1.86. The highest BCUT2D eigenvalue weighted by molar-refractivity contribution is 5.83. The quantitative estimate of drug-likeness (QED) is 0.820. The molecule has 2 rings (SSSR count). The molecule has 0 aliphatic carbocycles. The molecule has 0 bridgehead atoms. The summed E-state index contributed by atoms with van der Waals surface area (Å²) >= 11 is 0. The highest BCUT2D eigenvalue weighted by Gasteiger charge is 2.09. The van der Waals surface area contributed by atoms with Gasteiger partial charge in [-0.2, -0.15) is 0 Å². The van der Waals surface area contributed by atoms with Crippen molar-refractivity contribution in [3.8, 4) is 18.1 Å². The van der Waals surface area contributed by atoms with E-state index in [4.69, 9.17) is 15.6 Å². The van der Waals surface area contributed by atoms with Gasteiger partial charge in [0, 0.05) is 17.8 Å². The summed E-state index contributed by atoms with van der Waals surface area (Å²) in [7, 11) is 1.64. The van der Waals surface area contributed by atoms with Gasteiger partial charge in [-0.15, -0.1) is 12.3 Å². The lowest BCUT2D eigenvalue weighted by Gasteiger charge is -2.08.